The van der Waals surface area contributed by atoms with E-state index in [9.17, 15) is 0 Å². The van der Waals surface area contributed by atoms with Crippen LogP contribution >= 0.6 is 53.0 Å². The molecule has 8 heavy (non-hydrogen) atoms. The molecule has 0 aliphatic carbocycles. The molecule has 0 saturated heterocycles. The summed E-state index contributed by atoms with van der Waals surface area (Å²) in [6.45, 7) is 0. The van der Waals surface area contributed by atoms with Crippen molar-refractivity contribution in [1.29, 1.82) is 0 Å². The molecule has 8 heteroatoms. The van der Waals surface area contributed by atoms with Crippen molar-refractivity contribution in [2.75, 3.05) is 0 Å². The predicted octanol–water partition coefficient (Wildman–Crippen LogP) is 2.83. The Balaban J connectivity index is 0. The van der Waals surface area contributed by atoms with Crippen LogP contribution in [0, 0.1) is 0 Å². The molecule has 0 aliphatic heterocycles. The van der Waals surface area contributed by atoms with Crippen LogP contribution in [0.25, 0.3) is 0 Å². The largest absolute Gasteiger partial charge is 0.457 e. The number of hydrogen-bond acceptors (Lipinski definition) is 0. The molecule has 0 aromatic rings. The van der Waals surface area contributed by atoms with Crippen LogP contribution in [0.2, 0.25) is 0 Å². The third-order valence-electron chi connectivity index (χ3n) is 0. The van der Waals surface area contributed by atoms with Crippen LogP contribution in [0.4, 0.5) is 0 Å². The average molecular weight is 354 g/mol. The van der Waals surface area contributed by atoms with Gasteiger partial charge in [-0.2, -0.15) is 0 Å². The molecule has 0 aromatic carbocycles. The first-order valence-electron chi connectivity index (χ1n) is 1.01. The van der Waals surface area contributed by atoms with Gasteiger partial charge in [0.05, 0.1) is 0 Å². The first-order chi connectivity index (χ1) is 2.45. The van der Waals surface area contributed by atoms with Gasteiger partial charge < -0.3 is 5.48 Å². The van der Waals surface area contributed by atoms with Gasteiger partial charge in [0.25, 0.3) is 0 Å². The zero-order chi connectivity index (χ0) is 6.41. The maximum atomic E-state index is 5.06. The van der Waals surface area contributed by atoms with Crippen LogP contribution in [0.15, 0.2) is 0 Å². The fourth-order valence-corrected chi connectivity index (χ4v) is 0. The maximum absolute atomic E-state index is 5.42. The minimum absolute atomic E-state index is 0. The number of halogens is 6. The summed E-state index contributed by atoms with van der Waals surface area (Å²) < 4.78 is 0. The summed E-state index contributed by atoms with van der Waals surface area (Å²) in [6, 6.07) is 0. The van der Waals surface area contributed by atoms with Gasteiger partial charge in [-0.15, -0.1) is 0 Å². The normalized spacial score (nSPS) is 20.2. The fourth-order valence-electron chi connectivity index (χ4n) is 0. The SMILES string of the molecule is [Cl][Sb-]([Cl])([Cl])([Cl])([Cl])[Cl].[OH3+]. The minimum Gasteiger partial charge on any atom is -0.457 e. The summed E-state index contributed by atoms with van der Waals surface area (Å²) in [4.78, 5) is 0. The van der Waals surface area contributed by atoms with E-state index in [1.807, 2.05) is 0 Å². The molecule has 3 N–H and O–H groups in total. The van der Waals surface area contributed by atoms with Gasteiger partial charge >= 0.3 is 62.1 Å². The molecule has 0 fully saturated rings. The van der Waals surface area contributed by atoms with Crippen molar-refractivity contribution >= 4 is 62.1 Å². The topological polar surface area (TPSA) is 33.0 Å². The molecule has 0 amide bonds. The molecule has 0 radical (unpaired) electrons. The third kappa shape index (κ3) is 75.9. The fraction of sp³-hybridized carbons (Fsp3) is 0. The van der Waals surface area contributed by atoms with E-state index in [4.69, 9.17) is 53.0 Å². The van der Waals surface area contributed by atoms with Crippen LogP contribution in [0.3, 0.4) is 0 Å². The minimum atomic E-state index is -5.42. The zero-order valence-corrected chi connectivity index (χ0v) is 10.4. The molecule has 0 saturated carbocycles. The van der Waals surface area contributed by atoms with Crippen LogP contribution in [-0.2, 0) is 5.48 Å². The Morgan fingerprint density at radius 2 is 0.625 bits per heavy atom. The zero-order valence-electron chi connectivity index (χ0n) is 3.29. The Bertz CT molecular complexity index is 67.1. The van der Waals surface area contributed by atoms with Crippen LogP contribution in [-0.4, -0.2) is 9.14 Å². The summed E-state index contributed by atoms with van der Waals surface area (Å²) in [5.74, 6) is 0. The van der Waals surface area contributed by atoms with Gasteiger partial charge in [0.2, 0.25) is 0 Å². The second-order valence-electron chi connectivity index (χ2n) is 0.958. The summed E-state index contributed by atoms with van der Waals surface area (Å²) in [5.41, 5.74) is 0. The Kier molecular flexibility index (Phi) is 3.69. The molecule has 0 unspecified atom stereocenters. The van der Waals surface area contributed by atoms with Gasteiger partial charge in [0, 0.05) is 0 Å². The van der Waals surface area contributed by atoms with E-state index in [2.05, 4.69) is 0 Å². The first-order valence-corrected chi connectivity index (χ1v) is 20.4. The van der Waals surface area contributed by atoms with Crippen molar-refractivity contribution in [3.63, 3.8) is 0 Å². The average Bonchev–Trinajstić information content (AvgIpc) is 0.592. The quantitative estimate of drug-likeness (QED) is 0.474. The molecule has 0 heterocycles. The van der Waals surface area contributed by atoms with Crippen LogP contribution in [0.5, 0.6) is 0 Å². The van der Waals surface area contributed by atoms with Crippen molar-refractivity contribution < 1.29 is 5.48 Å². The standard InChI is InChI=1S/6ClH.H2O.Sb/h6*1H;1H2;/q;;;;;;;+5/p-5. The summed E-state index contributed by atoms with van der Waals surface area (Å²) in [5, 5.41) is 0. The molecule has 0 bridgehead atoms. The van der Waals surface area contributed by atoms with E-state index in [-0.39, 0.29) is 5.48 Å². The van der Waals surface area contributed by atoms with E-state index in [1.165, 1.54) is 0 Å². The van der Waals surface area contributed by atoms with Crippen molar-refractivity contribution in [2.45, 2.75) is 0 Å². The second-order valence-corrected chi connectivity index (χ2v) is 57.9. The van der Waals surface area contributed by atoms with Crippen molar-refractivity contribution in [1.82, 2.24) is 0 Å². The van der Waals surface area contributed by atoms with E-state index < -0.39 is 9.14 Å². The van der Waals surface area contributed by atoms with Crippen LogP contribution < -0.4 is 0 Å². The van der Waals surface area contributed by atoms with Gasteiger partial charge in [0.1, 0.15) is 0 Å². The summed E-state index contributed by atoms with van der Waals surface area (Å²) >= 11 is 0. The van der Waals surface area contributed by atoms with Gasteiger partial charge in [-0.1, -0.05) is 0 Å². The smallest absolute Gasteiger partial charge is 0.457 e. The van der Waals surface area contributed by atoms with Gasteiger partial charge in [-0.05, 0) is 0 Å². The predicted molar refractivity (Wildman–Crippen MR) is 45.7 cm³/mol. The van der Waals surface area contributed by atoms with Crippen molar-refractivity contribution in [2.24, 2.45) is 0 Å². The molecule has 0 rings (SSSR count). The van der Waals surface area contributed by atoms with Crippen LogP contribution in [0.1, 0.15) is 0 Å². The maximum Gasteiger partial charge on any atom is -0.457 e. The monoisotopic (exact) mass is 350 g/mol. The van der Waals surface area contributed by atoms with Crippen molar-refractivity contribution in [3.8, 4) is 0 Å². The summed E-state index contributed by atoms with van der Waals surface area (Å²) in [6.07, 6.45) is 0. The van der Waals surface area contributed by atoms with E-state index in [1.54, 1.807) is 0 Å². The van der Waals surface area contributed by atoms with Crippen molar-refractivity contribution in [3.05, 3.63) is 0 Å². The van der Waals surface area contributed by atoms with Gasteiger partial charge in [-0.3, -0.25) is 0 Å². The molecular weight excluding hydrogens is 350 g/mol. The molecule has 1 nitrogen and oxygen atoms in total. The Morgan fingerprint density at radius 1 is 0.625 bits per heavy atom. The second kappa shape index (κ2) is 2.25. The molecule has 56 valence electrons. The molecule has 0 atom stereocenters. The summed E-state index contributed by atoms with van der Waals surface area (Å²) in [7, 11) is 25.0. The first kappa shape index (κ1) is 13.1. The van der Waals surface area contributed by atoms with Gasteiger partial charge in [0.15, 0.2) is 0 Å². The molecule has 0 aromatic heterocycles. The Labute approximate surface area is 66.6 Å². The molecule has 0 aliphatic rings. The molecular formula is H3Cl6OSb. The van der Waals surface area contributed by atoms with Gasteiger partial charge in [-0.25, -0.2) is 0 Å². The van der Waals surface area contributed by atoms with E-state index >= 15 is 0 Å². The third-order valence-corrected chi connectivity index (χ3v) is 0. The van der Waals surface area contributed by atoms with E-state index in [0.717, 1.165) is 0 Å². The van der Waals surface area contributed by atoms with E-state index in [0.29, 0.717) is 0 Å². The Morgan fingerprint density at radius 3 is 0.625 bits per heavy atom. The molecule has 0 spiro atoms. The Hall–Kier alpha value is 2.52. The number of rotatable bonds is 0. The number of hydrogen-bond donors (Lipinski definition) is 0.